The minimum Gasteiger partial charge on any atom is -0.350 e. The highest BCUT2D eigenvalue weighted by molar-refractivity contribution is 8.00. The second-order valence-electron chi connectivity index (χ2n) is 8.84. The summed E-state index contributed by atoms with van der Waals surface area (Å²) in [7, 11) is 0. The molecule has 1 aromatic heterocycles. The van der Waals surface area contributed by atoms with Gasteiger partial charge in [0, 0.05) is 53.7 Å². The van der Waals surface area contributed by atoms with Crippen LogP contribution in [0.5, 0.6) is 0 Å². The normalized spacial score (nSPS) is 14.3. The second-order valence-corrected chi connectivity index (χ2v) is 9.86. The summed E-state index contributed by atoms with van der Waals surface area (Å²) in [5, 5.41) is 4.20. The summed E-state index contributed by atoms with van der Waals surface area (Å²) in [6, 6.07) is 14.1. The lowest BCUT2D eigenvalue weighted by atomic mass is 10.1. The highest BCUT2D eigenvalue weighted by Crippen LogP contribution is 2.30. The first-order valence-corrected chi connectivity index (χ1v) is 12.9. The van der Waals surface area contributed by atoms with Crippen LogP contribution in [0.3, 0.4) is 0 Å². The maximum Gasteiger partial charge on any atom is 0.251 e. The van der Waals surface area contributed by atoms with E-state index < -0.39 is 0 Å². The fourth-order valence-corrected chi connectivity index (χ4v) is 5.33. The Balaban J connectivity index is 1.38. The van der Waals surface area contributed by atoms with Crippen molar-refractivity contribution in [3.63, 3.8) is 0 Å². The predicted octanol–water partition coefficient (Wildman–Crippen LogP) is 5.18. The molecule has 2 amide bonds. The summed E-state index contributed by atoms with van der Waals surface area (Å²) in [5.74, 6) is 0.656. The van der Waals surface area contributed by atoms with Gasteiger partial charge in [-0.2, -0.15) is 0 Å². The molecule has 1 saturated heterocycles. The van der Waals surface area contributed by atoms with E-state index in [2.05, 4.69) is 28.2 Å². The Bertz CT molecular complexity index is 1130. The van der Waals surface area contributed by atoms with Gasteiger partial charge >= 0.3 is 0 Å². The molecule has 6 heteroatoms. The topological polar surface area (TPSA) is 54.3 Å². The van der Waals surface area contributed by atoms with Crippen LogP contribution in [0.25, 0.3) is 10.9 Å². The van der Waals surface area contributed by atoms with Crippen LogP contribution >= 0.6 is 11.8 Å². The van der Waals surface area contributed by atoms with E-state index in [1.807, 2.05) is 49.1 Å². The Morgan fingerprint density at radius 1 is 0.970 bits per heavy atom. The molecule has 5 nitrogen and oxygen atoms in total. The third-order valence-electron chi connectivity index (χ3n) is 6.47. The quantitative estimate of drug-likeness (QED) is 0.491. The summed E-state index contributed by atoms with van der Waals surface area (Å²) < 4.78 is 2.18. The van der Waals surface area contributed by atoms with E-state index in [4.69, 9.17) is 0 Å². The Kier molecular flexibility index (Phi) is 7.76. The number of para-hydroxylation sites is 1. The molecule has 0 saturated carbocycles. The van der Waals surface area contributed by atoms with E-state index in [0.717, 1.165) is 47.3 Å². The first-order chi connectivity index (χ1) is 16.0. The van der Waals surface area contributed by atoms with Gasteiger partial charge < -0.3 is 14.8 Å². The number of amides is 2. The predicted molar refractivity (Wildman–Crippen MR) is 136 cm³/mol. The zero-order valence-electron chi connectivity index (χ0n) is 19.6. The van der Waals surface area contributed by atoms with Crippen LogP contribution in [-0.2, 0) is 11.3 Å². The number of benzene rings is 2. The molecule has 0 spiro atoms. The molecule has 0 unspecified atom stereocenters. The molecular formula is C27H33N3O2S. The minimum atomic E-state index is -0.0489. The van der Waals surface area contributed by atoms with Crippen molar-refractivity contribution in [2.75, 3.05) is 25.4 Å². The molecule has 1 aliphatic rings. The summed E-state index contributed by atoms with van der Waals surface area (Å²) in [6.45, 7) is 7.07. The third-order valence-corrected chi connectivity index (χ3v) is 7.50. The van der Waals surface area contributed by atoms with E-state index in [-0.39, 0.29) is 11.8 Å². The van der Waals surface area contributed by atoms with E-state index >= 15 is 0 Å². The summed E-state index contributed by atoms with van der Waals surface area (Å²) in [4.78, 5) is 28.4. The standard InChI is InChI=1S/C27H33N3O2S/c1-20-11-12-22(17-21(20)2)27(32)28-13-16-30-18-25(23-9-5-6-10-24(23)30)33-19-26(31)29-14-7-3-4-8-15-29/h5-6,9-12,17-18H,3-4,7-8,13-16,19H2,1-2H3,(H,28,32). The van der Waals surface area contributed by atoms with Gasteiger partial charge in [-0.25, -0.2) is 0 Å². The number of thioether (sulfide) groups is 1. The van der Waals surface area contributed by atoms with Crippen molar-refractivity contribution in [2.45, 2.75) is 51.0 Å². The van der Waals surface area contributed by atoms with Crippen molar-refractivity contribution in [3.8, 4) is 0 Å². The second kappa shape index (κ2) is 10.9. The molecule has 4 rings (SSSR count). The van der Waals surface area contributed by atoms with Gasteiger partial charge in [-0.05, 0) is 56.0 Å². The van der Waals surface area contributed by atoms with Crippen LogP contribution in [0.2, 0.25) is 0 Å². The molecule has 2 heterocycles. The lowest BCUT2D eigenvalue weighted by Gasteiger charge is -2.19. The number of nitrogens with one attached hydrogen (secondary N) is 1. The highest BCUT2D eigenvalue weighted by Gasteiger charge is 2.17. The third kappa shape index (κ3) is 5.80. The van der Waals surface area contributed by atoms with Crippen molar-refractivity contribution in [3.05, 3.63) is 65.4 Å². The van der Waals surface area contributed by atoms with Gasteiger partial charge in [0.1, 0.15) is 0 Å². The SMILES string of the molecule is Cc1ccc(C(=O)NCCn2cc(SCC(=O)N3CCCCCC3)c3ccccc32)cc1C. The molecule has 33 heavy (non-hydrogen) atoms. The average Bonchev–Trinajstić information content (AvgIpc) is 2.98. The first kappa shape index (κ1) is 23.4. The number of carbonyl (C=O) groups is 2. The van der Waals surface area contributed by atoms with Gasteiger partial charge in [-0.3, -0.25) is 9.59 Å². The number of carbonyl (C=O) groups excluding carboxylic acids is 2. The first-order valence-electron chi connectivity index (χ1n) is 11.9. The van der Waals surface area contributed by atoms with E-state index in [9.17, 15) is 9.59 Å². The van der Waals surface area contributed by atoms with Crippen LogP contribution in [0, 0.1) is 13.8 Å². The Hall–Kier alpha value is -2.73. The Morgan fingerprint density at radius 3 is 2.48 bits per heavy atom. The fourth-order valence-electron chi connectivity index (χ4n) is 4.34. The minimum absolute atomic E-state index is 0.0489. The van der Waals surface area contributed by atoms with Crippen molar-refractivity contribution in [2.24, 2.45) is 0 Å². The lowest BCUT2D eigenvalue weighted by molar-refractivity contribution is -0.128. The van der Waals surface area contributed by atoms with Gasteiger partial charge in [0.2, 0.25) is 5.91 Å². The van der Waals surface area contributed by atoms with Gasteiger partial charge in [0.15, 0.2) is 0 Å². The van der Waals surface area contributed by atoms with Gasteiger partial charge in [0.25, 0.3) is 5.91 Å². The van der Waals surface area contributed by atoms with E-state index in [1.54, 1.807) is 11.8 Å². The van der Waals surface area contributed by atoms with Crippen LogP contribution in [-0.4, -0.2) is 46.7 Å². The van der Waals surface area contributed by atoms with Gasteiger partial charge in [-0.15, -0.1) is 11.8 Å². The average molecular weight is 464 g/mol. The van der Waals surface area contributed by atoms with Crippen LogP contribution < -0.4 is 5.32 Å². The van der Waals surface area contributed by atoms with Gasteiger partial charge in [0.05, 0.1) is 5.75 Å². The Labute approximate surface area is 200 Å². The van der Waals surface area contributed by atoms with E-state index in [0.29, 0.717) is 24.4 Å². The number of likely N-dealkylation sites (tertiary alicyclic amines) is 1. The van der Waals surface area contributed by atoms with E-state index in [1.165, 1.54) is 18.4 Å². The monoisotopic (exact) mass is 463 g/mol. The van der Waals surface area contributed by atoms with Crippen molar-refractivity contribution in [1.82, 2.24) is 14.8 Å². The number of fused-ring (bicyclic) bond motifs is 1. The van der Waals surface area contributed by atoms with Crippen LogP contribution in [0.15, 0.2) is 53.6 Å². The van der Waals surface area contributed by atoms with Crippen molar-refractivity contribution >= 4 is 34.5 Å². The molecule has 1 N–H and O–H groups in total. The molecule has 0 aliphatic carbocycles. The maximum absolute atomic E-state index is 12.7. The van der Waals surface area contributed by atoms with Gasteiger partial charge in [-0.1, -0.05) is 37.1 Å². The number of hydrogen-bond acceptors (Lipinski definition) is 3. The molecule has 0 bridgehead atoms. The molecule has 1 fully saturated rings. The number of nitrogens with zero attached hydrogens (tertiary/aromatic N) is 2. The van der Waals surface area contributed by atoms with Crippen LogP contribution in [0.1, 0.15) is 47.2 Å². The van der Waals surface area contributed by atoms with Crippen molar-refractivity contribution in [1.29, 1.82) is 0 Å². The molecule has 174 valence electrons. The zero-order valence-corrected chi connectivity index (χ0v) is 20.4. The molecule has 1 aliphatic heterocycles. The fraction of sp³-hybridized carbons (Fsp3) is 0.407. The molecule has 2 aromatic carbocycles. The number of aromatic nitrogens is 1. The van der Waals surface area contributed by atoms with Crippen LogP contribution in [0.4, 0.5) is 0 Å². The smallest absolute Gasteiger partial charge is 0.251 e. The maximum atomic E-state index is 12.7. The number of aryl methyl sites for hydroxylation is 2. The number of rotatable bonds is 7. The molecular weight excluding hydrogens is 430 g/mol. The summed E-state index contributed by atoms with van der Waals surface area (Å²) in [5.41, 5.74) is 4.13. The Morgan fingerprint density at radius 2 is 1.73 bits per heavy atom. The zero-order chi connectivity index (χ0) is 23.2. The highest BCUT2D eigenvalue weighted by atomic mass is 32.2. The molecule has 0 atom stereocenters. The lowest BCUT2D eigenvalue weighted by Crippen LogP contribution is -2.33. The summed E-state index contributed by atoms with van der Waals surface area (Å²) in [6.07, 6.45) is 6.80. The number of hydrogen-bond donors (Lipinski definition) is 1. The molecule has 3 aromatic rings. The largest absolute Gasteiger partial charge is 0.350 e. The molecule has 0 radical (unpaired) electrons. The summed E-state index contributed by atoms with van der Waals surface area (Å²) >= 11 is 1.62. The van der Waals surface area contributed by atoms with Crippen molar-refractivity contribution < 1.29 is 9.59 Å².